The van der Waals surface area contributed by atoms with Crippen molar-refractivity contribution in [1.82, 2.24) is 15.2 Å². The summed E-state index contributed by atoms with van der Waals surface area (Å²) in [6, 6.07) is 0. The summed E-state index contributed by atoms with van der Waals surface area (Å²) in [5, 5.41) is 13.7. The van der Waals surface area contributed by atoms with Crippen molar-refractivity contribution in [2.45, 2.75) is 6.42 Å². The van der Waals surface area contributed by atoms with Crippen LogP contribution in [-0.2, 0) is 10.0 Å². The van der Waals surface area contributed by atoms with Gasteiger partial charge in [0, 0.05) is 6.54 Å². The average Bonchev–Trinajstić information content (AvgIpc) is 2.44. The number of nitrogens with two attached hydrogens (primary N) is 2. The quantitative estimate of drug-likeness (QED) is 0.444. The number of hydrogen-bond donors (Lipinski definition) is 4. The maximum Gasteiger partial charge on any atom is 0.243 e. The van der Waals surface area contributed by atoms with Crippen molar-refractivity contribution in [3.63, 3.8) is 0 Å². The van der Waals surface area contributed by atoms with Gasteiger partial charge in [-0.25, -0.2) is 18.7 Å². The molecule has 1 heterocycles. The Bertz CT molecular complexity index is 385. The van der Waals surface area contributed by atoms with Gasteiger partial charge in [0.2, 0.25) is 21.9 Å². The molecule has 14 heavy (non-hydrogen) atoms. The van der Waals surface area contributed by atoms with Gasteiger partial charge in [0.25, 0.3) is 0 Å². The molecule has 0 aliphatic rings. The van der Waals surface area contributed by atoms with Crippen LogP contribution >= 0.6 is 0 Å². The minimum Gasteiger partial charge on any atom is -0.368 e. The van der Waals surface area contributed by atoms with Gasteiger partial charge >= 0.3 is 0 Å². The molecule has 0 fully saturated rings. The first kappa shape index (κ1) is 10.7. The van der Waals surface area contributed by atoms with Crippen molar-refractivity contribution in [1.29, 1.82) is 0 Å². The highest BCUT2D eigenvalue weighted by atomic mass is 32.2. The molecule has 8 nitrogen and oxygen atoms in total. The number of anilines is 2. The maximum atomic E-state index is 10.5. The molecule has 6 N–H and O–H groups in total. The first-order chi connectivity index (χ1) is 6.47. The van der Waals surface area contributed by atoms with Crippen LogP contribution in [-0.4, -0.2) is 35.9 Å². The molecular weight excluding hydrogens is 208 g/mol. The highest BCUT2D eigenvalue weighted by Gasteiger charge is 2.02. The van der Waals surface area contributed by atoms with Crippen molar-refractivity contribution < 1.29 is 8.42 Å². The molecular formula is C5H12N6O2S. The Morgan fingerprint density at radius 2 is 2.21 bits per heavy atom. The Morgan fingerprint density at radius 1 is 1.50 bits per heavy atom. The minimum atomic E-state index is -3.39. The lowest BCUT2D eigenvalue weighted by molar-refractivity contribution is 0.595. The van der Waals surface area contributed by atoms with Crippen LogP contribution < -0.4 is 16.2 Å². The largest absolute Gasteiger partial charge is 0.368 e. The standard InChI is InChI=1S/C5H12N6O2S/c6-4-9-5(11-10-4)8-2-1-3-14(7,12)13/h1-3H2,(H2,7,12,13)(H4,6,8,9,10,11). The van der Waals surface area contributed by atoms with Gasteiger partial charge < -0.3 is 11.1 Å². The molecule has 1 aromatic heterocycles. The number of aromatic amines is 1. The monoisotopic (exact) mass is 220 g/mol. The summed E-state index contributed by atoms with van der Waals surface area (Å²) >= 11 is 0. The highest BCUT2D eigenvalue weighted by molar-refractivity contribution is 7.89. The Morgan fingerprint density at radius 3 is 2.71 bits per heavy atom. The van der Waals surface area contributed by atoms with Crippen LogP contribution in [0.4, 0.5) is 11.9 Å². The lowest BCUT2D eigenvalue weighted by Gasteiger charge is -1.99. The summed E-state index contributed by atoms with van der Waals surface area (Å²) in [7, 11) is -3.39. The van der Waals surface area contributed by atoms with E-state index in [1.54, 1.807) is 0 Å². The zero-order valence-corrected chi connectivity index (χ0v) is 8.21. The van der Waals surface area contributed by atoms with E-state index in [4.69, 9.17) is 10.9 Å². The van der Waals surface area contributed by atoms with Gasteiger partial charge in [0.05, 0.1) is 5.75 Å². The number of aromatic nitrogens is 3. The van der Waals surface area contributed by atoms with Crippen LogP contribution in [0.15, 0.2) is 0 Å². The molecule has 9 heteroatoms. The van der Waals surface area contributed by atoms with E-state index in [0.29, 0.717) is 18.9 Å². The maximum absolute atomic E-state index is 10.5. The number of nitrogens with zero attached hydrogens (tertiary/aromatic N) is 2. The second kappa shape index (κ2) is 4.24. The molecule has 1 rings (SSSR count). The van der Waals surface area contributed by atoms with Crippen LogP contribution in [0, 0.1) is 0 Å². The summed E-state index contributed by atoms with van der Waals surface area (Å²) in [5.74, 6) is 0.482. The SMILES string of the molecule is Nc1nc(NCCCS(N)(=O)=O)n[nH]1. The molecule has 0 unspecified atom stereocenters. The molecule has 0 aromatic carbocycles. The Balaban J connectivity index is 2.23. The zero-order valence-electron chi connectivity index (χ0n) is 7.40. The fraction of sp³-hybridized carbons (Fsp3) is 0.600. The lowest BCUT2D eigenvalue weighted by atomic mass is 10.5. The number of hydrogen-bond acceptors (Lipinski definition) is 6. The Labute approximate surface area is 81.1 Å². The average molecular weight is 220 g/mol. The minimum absolute atomic E-state index is 0.0695. The number of nitrogen functional groups attached to an aromatic ring is 1. The summed E-state index contributed by atoms with van der Waals surface area (Å²) < 4.78 is 21.1. The third-order valence-electron chi connectivity index (χ3n) is 1.39. The number of H-pyrrole nitrogens is 1. The number of primary sulfonamides is 1. The molecule has 1 aromatic rings. The molecule has 0 bridgehead atoms. The van der Waals surface area contributed by atoms with Gasteiger partial charge in [0.15, 0.2) is 0 Å². The fourth-order valence-corrected chi connectivity index (χ4v) is 1.37. The first-order valence-electron chi connectivity index (χ1n) is 3.89. The first-order valence-corrected chi connectivity index (χ1v) is 5.61. The topological polar surface area (TPSA) is 140 Å². The van der Waals surface area contributed by atoms with Crippen molar-refractivity contribution in [2.24, 2.45) is 5.14 Å². The van der Waals surface area contributed by atoms with E-state index >= 15 is 0 Å². The molecule has 0 saturated carbocycles. The van der Waals surface area contributed by atoms with Crippen LogP contribution in [0.3, 0.4) is 0 Å². The highest BCUT2D eigenvalue weighted by Crippen LogP contribution is 1.98. The van der Waals surface area contributed by atoms with Gasteiger partial charge in [-0.05, 0) is 6.42 Å². The molecule has 0 amide bonds. The molecule has 0 aliphatic heterocycles. The molecule has 0 aliphatic carbocycles. The van der Waals surface area contributed by atoms with E-state index in [0.717, 1.165) is 0 Å². The van der Waals surface area contributed by atoms with Crippen molar-refractivity contribution >= 4 is 21.9 Å². The number of nitrogens with one attached hydrogen (secondary N) is 2. The summed E-state index contributed by atoms with van der Waals surface area (Å²) in [6.45, 7) is 0.424. The van der Waals surface area contributed by atoms with Gasteiger partial charge in [0.1, 0.15) is 0 Å². The number of rotatable bonds is 5. The third kappa shape index (κ3) is 4.05. The van der Waals surface area contributed by atoms with Gasteiger partial charge in [-0.2, -0.15) is 4.98 Å². The van der Waals surface area contributed by atoms with Gasteiger partial charge in [-0.3, -0.25) is 0 Å². The van der Waals surface area contributed by atoms with E-state index in [-0.39, 0.29) is 11.7 Å². The predicted octanol–water partition coefficient (Wildman–Crippen LogP) is -1.52. The molecule has 0 atom stereocenters. The van der Waals surface area contributed by atoms with Crippen molar-refractivity contribution in [3.05, 3.63) is 0 Å². The van der Waals surface area contributed by atoms with E-state index in [2.05, 4.69) is 20.5 Å². The van der Waals surface area contributed by atoms with E-state index in [1.807, 2.05) is 0 Å². The third-order valence-corrected chi connectivity index (χ3v) is 2.25. The lowest BCUT2D eigenvalue weighted by Crippen LogP contribution is -2.18. The van der Waals surface area contributed by atoms with Crippen LogP contribution in [0.25, 0.3) is 0 Å². The molecule has 0 saturated heterocycles. The Kier molecular flexibility index (Phi) is 3.25. The second-order valence-electron chi connectivity index (χ2n) is 2.69. The Hall–Kier alpha value is -1.35. The van der Waals surface area contributed by atoms with Crippen molar-refractivity contribution in [2.75, 3.05) is 23.3 Å². The van der Waals surface area contributed by atoms with Crippen LogP contribution in [0.1, 0.15) is 6.42 Å². The van der Waals surface area contributed by atoms with Gasteiger partial charge in [-0.1, -0.05) is 0 Å². The summed E-state index contributed by atoms with van der Waals surface area (Å²) in [6.07, 6.45) is 0.396. The second-order valence-corrected chi connectivity index (χ2v) is 4.43. The molecule has 0 spiro atoms. The zero-order chi connectivity index (χ0) is 10.6. The molecule has 80 valence electrons. The fourth-order valence-electron chi connectivity index (χ4n) is 0.827. The van der Waals surface area contributed by atoms with Crippen LogP contribution in [0.5, 0.6) is 0 Å². The van der Waals surface area contributed by atoms with Gasteiger partial charge in [-0.15, -0.1) is 5.10 Å². The van der Waals surface area contributed by atoms with E-state index < -0.39 is 10.0 Å². The summed E-state index contributed by atoms with van der Waals surface area (Å²) in [4.78, 5) is 3.76. The van der Waals surface area contributed by atoms with Crippen LogP contribution in [0.2, 0.25) is 0 Å². The summed E-state index contributed by atoms with van der Waals surface area (Å²) in [5.41, 5.74) is 5.27. The number of sulfonamides is 1. The smallest absolute Gasteiger partial charge is 0.243 e. The molecule has 0 radical (unpaired) electrons. The van der Waals surface area contributed by atoms with E-state index in [9.17, 15) is 8.42 Å². The predicted molar refractivity (Wildman–Crippen MR) is 51.9 cm³/mol. The normalized spacial score (nSPS) is 11.5. The van der Waals surface area contributed by atoms with Crippen molar-refractivity contribution in [3.8, 4) is 0 Å². The van der Waals surface area contributed by atoms with E-state index in [1.165, 1.54) is 0 Å².